The van der Waals surface area contributed by atoms with E-state index in [0.29, 0.717) is 30.5 Å². The zero-order chi connectivity index (χ0) is 19.9. The van der Waals surface area contributed by atoms with Crippen LogP contribution in [-0.4, -0.2) is 46.9 Å². The first-order valence-corrected chi connectivity index (χ1v) is 9.12. The van der Waals surface area contributed by atoms with Gasteiger partial charge in [-0.1, -0.05) is 44.7 Å². The molecule has 28 heavy (non-hydrogen) atoms. The van der Waals surface area contributed by atoms with E-state index in [2.05, 4.69) is 50.2 Å². The molecule has 1 atom stereocenters. The Morgan fingerprint density at radius 3 is 1.89 bits per heavy atom. The van der Waals surface area contributed by atoms with Gasteiger partial charge < -0.3 is 18.9 Å². The minimum atomic E-state index is -0.179. The zero-order valence-electron chi connectivity index (χ0n) is 17.2. The molecule has 0 radical (unpaired) electrons. The maximum atomic E-state index is 6.17. The Morgan fingerprint density at radius 1 is 0.893 bits per heavy atom. The SMILES string of the molecule is C.CC[C@](COCc1cc(OC)c(OC)c(OC)c1)(c1ccccc1)N(C)C. The van der Waals surface area contributed by atoms with E-state index in [-0.39, 0.29) is 13.0 Å². The van der Waals surface area contributed by atoms with E-state index in [1.54, 1.807) is 21.3 Å². The first-order valence-electron chi connectivity index (χ1n) is 9.12. The van der Waals surface area contributed by atoms with Gasteiger partial charge in [0, 0.05) is 0 Å². The summed E-state index contributed by atoms with van der Waals surface area (Å²) in [6, 6.07) is 14.3. The molecule has 0 bridgehead atoms. The standard InChI is InChI=1S/C22H31NO4.CH4/c1-7-22(23(2)3,18-11-9-8-10-12-18)16-27-15-17-13-19(24-4)21(26-6)20(14-17)25-5;/h8-14H,7,15-16H2,1-6H3;1H4/t22-;/m0./s1. The van der Waals surface area contributed by atoms with Crippen LogP contribution in [0.15, 0.2) is 42.5 Å². The lowest BCUT2D eigenvalue weighted by Gasteiger charge is -2.39. The van der Waals surface area contributed by atoms with Crippen molar-refractivity contribution < 1.29 is 18.9 Å². The molecule has 2 aromatic carbocycles. The van der Waals surface area contributed by atoms with Gasteiger partial charge in [-0.15, -0.1) is 0 Å². The van der Waals surface area contributed by atoms with Gasteiger partial charge in [0.15, 0.2) is 11.5 Å². The van der Waals surface area contributed by atoms with Crippen LogP contribution < -0.4 is 14.2 Å². The van der Waals surface area contributed by atoms with Crippen molar-refractivity contribution in [3.8, 4) is 17.2 Å². The van der Waals surface area contributed by atoms with Gasteiger partial charge in [0.05, 0.1) is 40.1 Å². The summed E-state index contributed by atoms with van der Waals surface area (Å²) >= 11 is 0. The van der Waals surface area contributed by atoms with Crippen LogP contribution in [0.5, 0.6) is 17.2 Å². The molecular weight excluding hydrogens is 354 g/mol. The normalized spacial score (nSPS) is 12.8. The van der Waals surface area contributed by atoms with Crippen molar-refractivity contribution in [2.75, 3.05) is 42.0 Å². The van der Waals surface area contributed by atoms with Crippen molar-refractivity contribution in [2.24, 2.45) is 0 Å². The van der Waals surface area contributed by atoms with Crippen molar-refractivity contribution >= 4 is 0 Å². The molecule has 0 aromatic heterocycles. The minimum absolute atomic E-state index is 0. The summed E-state index contributed by atoms with van der Waals surface area (Å²) in [7, 11) is 9.03. The number of methoxy groups -OCH3 is 3. The second kappa shape index (κ2) is 10.9. The van der Waals surface area contributed by atoms with Crippen molar-refractivity contribution in [2.45, 2.75) is 32.9 Å². The van der Waals surface area contributed by atoms with Crippen LogP contribution in [0.2, 0.25) is 0 Å². The van der Waals surface area contributed by atoms with E-state index in [1.807, 2.05) is 18.2 Å². The van der Waals surface area contributed by atoms with Crippen molar-refractivity contribution in [3.63, 3.8) is 0 Å². The Bertz CT molecular complexity index is 693. The maximum Gasteiger partial charge on any atom is 0.203 e. The average molecular weight is 390 g/mol. The highest BCUT2D eigenvalue weighted by Crippen LogP contribution is 2.38. The van der Waals surface area contributed by atoms with Gasteiger partial charge in [-0.05, 0) is 43.8 Å². The Labute approximate surface area is 170 Å². The summed E-state index contributed by atoms with van der Waals surface area (Å²) in [6.45, 7) is 3.23. The monoisotopic (exact) mass is 389 g/mol. The number of likely N-dealkylation sites (N-methyl/N-ethyl adjacent to an activating group) is 1. The van der Waals surface area contributed by atoms with E-state index < -0.39 is 0 Å². The molecule has 0 unspecified atom stereocenters. The molecular formula is C23H35NO4. The quantitative estimate of drug-likeness (QED) is 0.587. The van der Waals surface area contributed by atoms with E-state index >= 15 is 0 Å². The van der Waals surface area contributed by atoms with Gasteiger partial charge in [0.1, 0.15) is 0 Å². The highest BCUT2D eigenvalue weighted by atomic mass is 16.5. The second-order valence-corrected chi connectivity index (χ2v) is 6.67. The Kier molecular flexibility index (Phi) is 9.29. The summed E-state index contributed by atoms with van der Waals surface area (Å²) in [4.78, 5) is 2.23. The molecule has 5 heteroatoms. The third kappa shape index (κ3) is 4.97. The molecule has 0 spiro atoms. The molecule has 0 fully saturated rings. The van der Waals surface area contributed by atoms with Crippen LogP contribution in [-0.2, 0) is 16.9 Å². The summed E-state index contributed by atoms with van der Waals surface area (Å²) in [6.07, 6.45) is 0.944. The lowest BCUT2D eigenvalue weighted by Crippen LogP contribution is -2.45. The topological polar surface area (TPSA) is 40.2 Å². The number of benzene rings is 2. The van der Waals surface area contributed by atoms with Crippen LogP contribution >= 0.6 is 0 Å². The molecule has 0 aliphatic heterocycles. The number of rotatable bonds is 10. The molecule has 0 aliphatic carbocycles. The molecule has 156 valence electrons. The van der Waals surface area contributed by atoms with E-state index in [9.17, 15) is 0 Å². The first kappa shape index (κ1) is 23.8. The lowest BCUT2D eigenvalue weighted by atomic mass is 9.87. The van der Waals surface area contributed by atoms with Crippen molar-refractivity contribution in [1.82, 2.24) is 4.90 Å². The van der Waals surface area contributed by atoms with Crippen molar-refractivity contribution in [1.29, 1.82) is 0 Å². The predicted octanol–water partition coefficient (Wildman–Crippen LogP) is 4.73. The fraction of sp³-hybridized carbons (Fsp3) is 0.478. The molecule has 0 heterocycles. The third-order valence-corrected chi connectivity index (χ3v) is 5.09. The van der Waals surface area contributed by atoms with Crippen LogP contribution in [0.3, 0.4) is 0 Å². The Hall–Kier alpha value is -2.24. The van der Waals surface area contributed by atoms with Crippen molar-refractivity contribution in [3.05, 3.63) is 53.6 Å². The number of hydrogen-bond acceptors (Lipinski definition) is 5. The molecule has 2 rings (SSSR count). The van der Waals surface area contributed by atoms with Gasteiger partial charge >= 0.3 is 0 Å². The molecule has 0 saturated carbocycles. The van der Waals surface area contributed by atoms with E-state index in [4.69, 9.17) is 18.9 Å². The van der Waals surface area contributed by atoms with Gasteiger partial charge in [0.2, 0.25) is 5.75 Å². The van der Waals surface area contributed by atoms with Gasteiger partial charge in [-0.3, -0.25) is 4.90 Å². The lowest BCUT2D eigenvalue weighted by molar-refractivity contribution is 0.00193. The molecule has 2 aromatic rings. The highest BCUT2D eigenvalue weighted by molar-refractivity contribution is 5.53. The summed E-state index contributed by atoms with van der Waals surface area (Å²) in [5.74, 6) is 1.85. The van der Waals surface area contributed by atoms with Crippen LogP contribution in [0.25, 0.3) is 0 Å². The summed E-state index contributed by atoms with van der Waals surface area (Å²) in [5.41, 5.74) is 2.05. The van der Waals surface area contributed by atoms with E-state index in [0.717, 1.165) is 12.0 Å². The number of ether oxygens (including phenoxy) is 4. The summed E-state index contributed by atoms with van der Waals surface area (Å²) < 4.78 is 22.4. The van der Waals surface area contributed by atoms with Gasteiger partial charge in [-0.2, -0.15) is 0 Å². The summed E-state index contributed by atoms with van der Waals surface area (Å²) in [5, 5.41) is 0. The predicted molar refractivity (Wildman–Crippen MR) is 115 cm³/mol. The molecule has 0 saturated heterocycles. The third-order valence-electron chi connectivity index (χ3n) is 5.09. The first-order chi connectivity index (χ1) is 13.0. The van der Waals surface area contributed by atoms with Crippen LogP contribution in [0, 0.1) is 0 Å². The fourth-order valence-electron chi connectivity index (χ4n) is 3.40. The fourth-order valence-corrected chi connectivity index (χ4v) is 3.40. The molecule has 0 amide bonds. The second-order valence-electron chi connectivity index (χ2n) is 6.67. The largest absolute Gasteiger partial charge is 0.493 e. The van der Waals surface area contributed by atoms with Gasteiger partial charge in [0.25, 0.3) is 0 Å². The average Bonchev–Trinajstić information content (AvgIpc) is 2.70. The smallest absolute Gasteiger partial charge is 0.203 e. The Morgan fingerprint density at radius 2 is 1.46 bits per heavy atom. The van der Waals surface area contributed by atoms with Crippen LogP contribution in [0.4, 0.5) is 0 Å². The van der Waals surface area contributed by atoms with E-state index in [1.165, 1.54) is 5.56 Å². The van der Waals surface area contributed by atoms with Crippen LogP contribution in [0.1, 0.15) is 31.9 Å². The molecule has 0 aliphatic rings. The maximum absolute atomic E-state index is 6.17. The molecule has 0 N–H and O–H groups in total. The van der Waals surface area contributed by atoms with Gasteiger partial charge in [-0.25, -0.2) is 0 Å². The zero-order valence-corrected chi connectivity index (χ0v) is 17.2. The number of hydrogen-bond donors (Lipinski definition) is 0. The Balaban J connectivity index is 0.00000392. The minimum Gasteiger partial charge on any atom is -0.493 e. The number of nitrogens with zero attached hydrogens (tertiary/aromatic N) is 1. The highest BCUT2D eigenvalue weighted by Gasteiger charge is 2.33. The molecule has 5 nitrogen and oxygen atoms in total.